The number of carbonyl (C=O) groups excluding carboxylic acids is 3. The zero-order valence-corrected chi connectivity index (χ0v) is 21.4. The number of amides is 2. The van der Waals surface area contributed by atoms with E-state index >= 15 is 0 Å². The summed E-state index contributed by atoms with van der Waals surface area (Å²) in [6, 6.07) is 21.5. The minimum Gasteiger partial charge on any atom is -0.466 e. The minimum atomic E-state index is -1.60. The molecule has 0 bridgehead atoms. The van der Waals surface area contributed by atoms with Crippen LogP contribution in [0, 0.1) is 5.92 Å². The second-order valence-electron chi connectivity index (χ2n) is 9.17. The first-order chi connectivity index (χ1) is 18.0. The summed E-state index contributed by atoms with van der Waals surface area (Å²) in [5.74, 6) is -1.13. The van der Waals surface area contributed by atoms with Crippen LogP contribution in [0.4, 0.5) is 5.69 Å². The molecule has 0 aromatic heterocycles. The molecule has 8 heteroatoms. The first-order valence-corrected chi connectivity index (χ1v) is 13.6. The van der Waals surface area contributed by atoms with Gasteiger partial charge in [-0.15, -0.1) is 0 Å². The number of hydrogen-bond acceptors (Lipinski definition) is 5. The van der Waals surface area contributed by atoms with Crippen molar-refractivity contribution in [2.24, 2.45) is 5.92 Å². The molecule has 37 heavy (non-hydrogen) atoms. The number of rotatable bonds is 5. The normalized spacial score (nSPS) is 19.0. The van der Waals surface area contributed by atoms with Gasteiger partial charge in [0.15, 0.2) is 0 Å². The number of piperidine rings is 1. The zero-order chi connectivity index (χ0) is 25.9. The first-order valence-electron chi connectivity index (χ1n) is 12.4. The van der Waals surface area contributed by atoms with Gasteiger partial charge < -0.3 is 14.5 Å². The summed E-state index contributed by atoms with van der Waals surface area (Å²) in [7, 11) is -1.60. The average molecular weight is 517 g/mol. The van der Waals surface area contributed by atoms with Crippen molar-refractivity contribution < 1.29 is 23.3 Å². The van der Waals surface area contributed by atoms with E-state index in [4.69, 9.17) is 4.74 Å². The fourth-order valence-corrected chi connectivity index (χ4v) is 6.26. The van der Waals surface area contributed by atoms with E-state index in [1.165, 1.54) is 0 Å². The van der Waals surface area contributed by atoms with E-state index in [1.807, 2.05) is 30.3 Å². The summed E-state index contributed by atoms with van der Waals surface area (Å²) in [6.07, 6.45) is 1.39. The number of likely N-dealkylation sites (tertiary alicyclic amines) is 1. The van der Waals surface area contributed by atoms with Gasteiger partial charge in [0, 0.05) is 18.7 Å². The molecule has 2 aliphatic rings. The van der Waals surface area contributed by atoms with Crippen molar-refractivity contribution in [3.8, 4) is 0 Å². The lowest BCUT2D eigenvalue weighted by molar-refractivity contribution is -0.149. The van der Waals surface area contributed by atoms with Gasteiger partial charge in [-0.05, 0) is 55.7 Å². The van der Waals surface area contributed by atoms with Crippen molar-refractivity contribution in [1.29, 1.82) is 0 Å². The summed E-state index contributed by atoms with van der Waals surface area (Å²) in [5, 5.41) is 0. The van der Waals surface area contributed by atoms with Gasteiger partial charge in [0.1, 0.15) is 0 Å². The molecule has 2 amide bonds. The number of benzene rings is 3. The van der Waals surface area contributed by atoms with Crippen molar-refractivity contribution in [2.45, 2.75) is 36.1 Å². The SMILES string of the molecule is CCOC(=O)[C@H]1CCCN(C(=O)c2ccc3c(c2)N(Cc2ccccc2)C(=O)c2ccccc2[S@]3=O)C1. The maximum atomic E-state index is 13.8. The molecule has 2 aliphatic heterocycles. The molecule has 7 nitrogen and oxygen atoms in total. The Hall–Kier alpha value is -3.78. The van der Waals surface area contributed by atoms with Gasteiger partial charge >= 0.3 is 5.97 Å². The van der Waals surface area contributed by atoms with Gasteiger partial charge in [-0.1, -0.05) is 42.5 Å². The van der Waals surface area contributed by atoms with Gasteiger partial charge in [-0.25, -0.2) is 4.21 Å². The summed E-state index contributed by atoms with van der Waals surface area (Å²) in [4.78, 5) is 43.8. The Balaban J connectivity index is 1.53. The molecule has 1 fully saturated rings. The van der Waals surface area contributed by atoms with E-state index in [9.17, 15) is 18.6 Å². The Labute approximate surface area is 218 Å². The number of ether oxygens (including phenoxy) is 1. The third-order valence-electron chi connectivity index (χ3n) is 6.77. The Morgan fingerprint density at radius 3 is 2.54 bits per heavy atom. The summed E-state index contributed by atoms with van der Waals surface area (Å²) >= 11 is 0. The molecule has 0 spiro atoms. The lowest BCUT2D eigenvalue weighted by Crippen LogP contribution is -2.43. The fraction of sp³-hybridized carbons (Fsp3) is 0.276. The largest absolute Gasteiger partial charge is 0.466 e. The van der Waals surface area contributed by atoms with Crippen LogP contribution in [0.25, 0.3) is 0 Å². The number of anilines is 1. The Morgan fingerprint density at radius 1 is 1.00 bits per heavy atom. The van der Waals surface area contributed by atoms with E-state index in [0.717, 1.165) is 5.56 Å². The van der Waals surface area contributed by atoms with E-state index < -0.39 is 10.8 Å². The molecule has 5 rings (SSSR count). The molecule has 0 saturated carbocycles. The lowest BCUT2D eigenvalue weighted by Gasteiger charge is -2.32. The molecule has 2 heterocycles. The summed E-state index contributed by atoms with van der Waals surface area (Å²) < 4.78 is 18.8. The van der Waals surface area contributed by atoms with E-state index in [1.54, 1.807) is 59.2 Å². The third kappa shape index (κ3) is 4.93. The van der Waals surface area contributed by atoms with Crippen LogP contribution >= 0.6 is 0 Å². The van der Waals surface area contributed by atoms with Crippen LogP contribution in [0.1, 0.15) is 46.0 Å². The van der Waals surface area contributed by atoms with E-state index in [-0.39, 0.29) is 30.2 Å². The number of fused-ring (bicyclic) bond motifs is 2. The molecule has 0 aliphatic carbocycles. The summed E-state index contributed by atoms with van der Waals surface area (Å²) in [5.41, 5.74) is 2.14. The third-order valence-corrected chi connectivity index (χ3v) is 8.27. The zero-order valence-electron chi connectivity index (χ0n) is 20.6. The van der Waals surface area contributed by atoms with Crippen LogP contribution in [0.5, 0.6) is 0 Å². The van der Waals surface area contributed by atoms with Crippen LogP contribution in [0.3, 0.4) is 0 Å². The molecule has 0 unspecified atom stereocenters. The van der Waals surface area contributed by atoms with Crippen LogP contribution < -0.4 is 4.90 Å². The molecule has 190 valence electrons. The Kier molecular flexibility index (Phi) is 7.19. The maximum absolute atomic E-state index is 13.8. The van der Waals surface area contributed by atoms with Crippen LogP contribution in [-0.2, 0) is 26.9 Å². The first kappa shape index (κ1) is 24.9. The predicted molar refractivity (Wildman–Crippen MR) is 140 cm³/mol. The Morgan fingerprint density at radius 2 is 1.76 bits per heavy atom. The minimum absolute atomic E-state index is 0.226. The maximum Gasteiger partial charge on any atom is 0.310 e. The molecular weight excluding hydrogens is 488 g/mol. The van der Waals surface area contributed by atoms with Gasteiger partial charge in [0.25, 0.3) is 11.8 Å². The number of hydrogen-bond donors (Lipinski definition) is 0. The van der Waals surface area contributed by atoms with Crippen molar-refractivity contribution in [3.05, 3.63) is 89.5 Å². The van der Waals surface area contributed by atoms with Crippen molar-refractivity contribution in [1.82, 2.24) is 4.90 Å². The van der Waals surface area contributed by atoms with Crippen molar-refractivity contribution >= 4 is 34.3 Å². The van der Waals surface area contributed by atoms with Gasteiger partial charge in [-0.3, -0.25) is 14.4 Å². The summed E-state index contributed by atoms with van der Waals surface area (Å²) in [6.45, 7) is 3.17. The molecule has 3 aromatic carbocycles. The highest BCUT2D eigenvalue weighted by atomic mass is 32.2. The lowest BCUT2D eigenvalue weighted by atomic mass is 9.97. The molecule has 1 saturated heterocycles. The predicted octanol–water partition coefficient (Wildman–Crippen LogP) is 4.43. The van der Waals surface area contributed by atoms with Crippen LogP contribution in [0.15, 0.2) is 82.6 Å². The second-order valence-corrected chi connectivity index (χ2v) is 10.6. The number of carbonyl (C=O) groups is 3. The fourth-order valence-electron chi connectivity index (χ4n) is 4.92. The quantitative estimate of drug-likeness (QED) is 0.469. The van der Waals surface area contributed by atoms with Crippen molar-refractivity contribution in [2.75, 3.05) is 24.6 Å². The highest BCUT2D eigenvalue weighted by Crippen LogP contribution is 2.36. The van der Waals surface area contributed by atoms with Gasteiger partial charge in [0.05, 0.1) is 50.9 Å². The second kappa shape index (κ2) is 10.7. The standard InChI is InChI=1S/C29H28N2O5S/c1-2-36-29(34)22-11-8-16-30(19-22)27(32)21-14-15-26-24(17-21)31(18-20-9-4-3-5-10-20)28(33)23-12-6-7-13-25(23)37(26)35/h3-7,9-10,12-15,17,22H,2,8,11,16,18-19H2,1H3/t22-,37+/m0/s1. The van der Waals surface area contributed by atoms with Crippen LogP contribution in [0.2, 0.25) is 0 Å². The highest BCUT2D eigenvalue weighted by Gasteiger charge is 2.33. The molecule has 0 radical (unpaired) electrons. The van der Waals surface area contributed by atoms with E-state index in [2.05, 4.69) is 0 Å². The monoisotopic (exact) mass is 516 g/mol. The topological polar surface area (TPSA) is 84.0 Å². The Bertz CT molecular complexity index is 1370. The molecular formula is C29H28N2O5S. The highest BCUT2D eigenvalue weighted by molar-refractivity contribution is 7.85. The molecule has 3 aromatic rings. The van der Waals surface area contributed by atoms with Gasteiger partial charge in [0.2, 0.25) is 0 Å². The van der Waals surface area contributed by atoms with E-state index in [0.29, 0.717) is 59.1 Å². The average Bonchev–Trinajstić information content (AvgIpc) is 3.02. The van der Waals surface area contributed by atoms with Crippen LogP contribution in [-0.4, -0.2) is 46.6 Å². The molecule has 2 atom stereocenters. The van der Waals surface area contributed by atoms with Crippen molar-refractivity contribution in [3.63, 3.8) is 0 Å². The van der Waals surface area contributed by atoms with Gasteiger partial charge in [-0.2, -0.15) is 0 Å². The smallest absolute Gasteiger partial charge is 0.310 e. The molecule has 0 N–H and O–H groups in total. The number of nitrogens with zero attached hydrogens (tertiary/aromatic N) is 2. The number of esters is 1.